The van der Waals surface area contributed by atoms with Crippen molar-refractivity contribution in [1.29, 1.82) is 0 Å². The summed E-state index contributed by atoms with van der Waals surface area (Å²) in [5, 5.41) is 19.3. The summed E-state index contributed by atoms with van der Waals surface area (Å²) in [6.07, 6.45) is 3.73. The minimum atomic E-state index is -1.01. The second-order valence-electron chi connectivity index (χ2n) is 7.71. The van der Waals surface area contributed by atoms with Gasteiger partial charge in [0.05, 0.1) is 12.0 Å². The van der Waals surface area contributed by atoms with E-state index >= 15 is 0 Å². The number of hydrogen-bond donors (Lipinski definition) is 3. The standard InChI is InChI=1S/C19H30N4O3/c20-17-3-1-2-15(21-17)6-9-22-10-12-23(13-11-22)16-4-7-19(26,8-5-16)14-18(24)25/h1-3,16,26H,4-14H2,(H2,20,21)(H,24,25). The van der Waals surface area contributed by atoms with Crippen LogP contribution < -0.4 is 5.73 Å². The summed E-state index contributed by atoms with van der Waals surface area (Å²) in [5.74, 6) is -0.332. The average Bonchev–Trinajstić information content (AvgIpc) is 2.60. The van der Waals surface area contributed by atoms with E-state index in [0.29, 0.717) is 24.7 Å². The molecule has 2 heterocycles. The van der Waals surface area contributed by atoms with Crippen LogP contribution in [0.5, 0.6) is 0 Å². The van der Waals surface area contributed by atoms with Gasteiger partial charge in [-0.25, -0.2) is 4.98 Å². The van der Waals surface area contributed by atoms with E-state index in [4.69, 9.17) is 10.8 Å². The minimum absolute atomic E-state index is 0.133. The number of aromatic nitrogens is 1. The van der Waals surface area contributed by atoms with Crippen LogP contribution in [0.4, 0.5) is 5.82 Å². The van der Waals surface area contributed by atoms with Crippen LogP contribution in [-0.4, -0.2) is 75.3 Å². The molecule has 0 amide bonds. The third kappa shape index (κ3) is 5.16. The van der Waals surface area contributed by atoms with Crippen molar-refractivity contribution >= 4 is 11.8 Å². The summed E-state index contributed by atoms with van der Waals surface area (Å²) in [6, 6.07) is 6.25. The van der Waals surface area contributed by atoms with Crippen LogP contribution in [0.1, 0.15) is 37.8 Å². The van der Waals surface area contributed by atoms with Crippen LogP contribution in [0, 0.1) is 0 Å². The summed E-state index contributed by atoms with van der Waals surface area (Å²) in [7, 11) is 0. The van der Waals surface area contributed by atoms with Crippen LogP contribution in [0.2, 0.25) is 0 Å². The number of nitrogens with zero attached hydrogens (tertiary/aromatic N) is 3. The summed E-state index contributed by atoms with van der Waals surface area (Å²) < 4.78 is 0. The van der Waals surface area contributed by atoms with Crippen molar-refractivity contribution in [2.75, 3.05) is 38.5 Å². The molecule has 7 heteroatoms. The topological polar surface area (TPSA) is 103 Å². The van der Waals surface area contributed by atoms with Crippen molar-refractivity contribution in [3.05, 3.63) is 23.9 Å². The molecule has 3 rings (SSSR count). The van der Waals surface area contributed by atoms with Crippen LogP contribution in [0.3, 0.4) is 0 Å². The van der Waals surface area contributed by atoms with Crippen molar-refractivity contribution in [2.24, 2.45) is 0 Å². The van der Waals surface area contributed by atoms with Crippen molar-refractivity contribution in [1.82, 2.24) is 14.8 Å². The monoisotopic (exact) mass is 362 g/mol. The first-order valence-corrected chi connectivity index (χ1v) is 9.55. The van der Waals surface area contributed by atoms with Crippen LogP contribution in [0.15, 0.2) is 18.2 Å². The van der Waals surface area contributed by atoms with Gasteiger partial charge in [-0.3, -0.25) is 9.69 Å². The molecule has 1 saturated heterocycles. The molecule has 1 aliphatic heterocycles. The Labute approximate surface area is 154 Å². The Bertz CT molecular complexity index is 609. The lowest BCUT2D eigenvalue weighted by molar-refractivity contribution is -0.144. The maximum atomic E-state index is 10.9. The first-order chi connectivity index (χ1) is 12.4. The van der Waals surface area contributed by atoms with Gasteiger partial charge in [0.2, 0.25) is 0 Å². The van der Waals surface area contributed by atoms with E-state index in [1.807, 2.05) is 18.2 Å². The van der Waals surface area contributed by atoms with Gasteiger partial charge in [-0.15, -0.1) is 0 Å². The van der Waals surface area contributed by atoms with Gasteiger partial charge in [0, 0.05) is 50.9 Å². The highest BCUT2D eigenvalue weighted by Crippen LogP contribution is 2.33. The largest absolute Gasteiger partial charge is 0.481 e. The number of rotatable bonds is 6. The normalized spacial score (nSPS) is 28.1. The number of carboxylic acid groups (broad SMARTS) is 1. The predicted octanol–water partition coefficient (Wildman–Crippen LogP) is 0.972. The molecule has 1 aromatic rings. The first-order valence-electron chi connectivity index (χ1n) is 9.55. The average molecular weight is 362 g/mol. The second-order valence-corrected chi connectivity index (χ2v) is 7.71. The van der Waals surface area contributed by atoms with E-state index in [9.17, 15) is 9.90 Å². The third-order valence-electron chi connectivity index (χ3n) is 5.80. The van der Waals surface area contributed by atoms with E-state index in [0.717, 1.165) is 57.7 Å². The number of anilines is 1. The van der Waals surface area contributed by atoms with Crippen molar-refractivity contribution in [3.63, 3.8) is 0 Å². The lowest BCUT2D eigenvalue weighted by Gasteiger charge is -2.43. The maximum Gasteiger partial charge on any atom is 0.306 e. The number of aliphatic carboxylic acids is 1. The number of pyridine rings is 1. The quantitative estimate of drug-likeness (QED) is 0.693. The molecule has 0 atom stereocenters. The Kier molecular flexibility index (Phi) is 6.11. The molecule has 0 radical (unpaired) electrons. The molecule has 1 saturated carbocycles. The molecular weight excluding hydrogens is 332 g/mol. The van der Waals surface area contributed by atoms with Crippen molar-refractivity contribution in [2.45, 2.75) is 50.2 Å². The van der Waals surface area contributed by atoms with E-state index in [1.165, 1.54) is 0 Å². The Morgan fingerprint density at radius 1 is 1.23 bits per heavy atom. The molecule has 144 valence electrons. The van der Waals surface area contributed by atoms with E-state index in [-0.39, 0.29) is 6.42 Å². The number of nitrogen functional groups attached to an aromatic ring is 1. The lowest BCUT2D eigenvalue weighted by Crippen LogP contribution is -2.52. The molecule has 26 heavy (non-hydrogen) atoms. The molecule has 4 N–H and O–H groups in total. The zero-order chi connectivity index (χ0) is 18.6. The van der Waals surface area contributed by atoms with E-state index in [2.05, 4.69) is 14.8 Å². The number of carbonyl (C=O) groups is 1. The second kappa shape index (κ2) is 8.33. The number of carboxylic acids is 1. The number of hydrogen-bond acceptors (Lipinski definition) is 6. The lowest BCUT2D eigenvalue weighted by atomic mass is 9.79. The predicted molar refractivity (Wildman–Crippen MR) is 99.8 cm³/mol. The molecule has 0 unspecified atom stereocenters. The molecule has 1 aliphatic carbocycles. The fourth-order valence-electron chi connectivity index (χ4n) is 4.23. The zero-order valence-electron chi connectivity index (χ0n) is 15.3. The van der Waals surface area contributed by atoms with E-state index in [1.54, 1.807) is 0 Å². The van der Waals surface area contributed by atoms with Gasteiger partial charge >= 0.3 is 5.97 Å². The zero-order valence-corrected chi connectivity index (χ0v) is 15.3. The summed E-state index contributed by atoms with van der Waals surface area (Å²) in [6.45, 7) is 5.14. The van der Waals surface area contributed by atoms with Gasteiger partial charge in [0.15, 0.2) is 0 Å². The van der Waals surface area contributed by atoms with Gasteiger partial charge in [0.1, 0.15) is 5.82 Å². The molecule has 0 aromatic carbocycles. The Hall–Kier alpha value is -1.70. The van der Waals surface area contributed by atoms with Crippen LogP contribution in [-0.2, 0) is 11.2 Å². The van der Waals surface area contributed by atoms with Crippen molar-refractivity contribution in [3.8, 4) is 0 Å². The molecule has 7 nitrogen and oxygen atoms in total. The van der Waals surface area contributed by atoms with Gasteiger partial charge < -0.3 is 20.8 Å². The smallest absolute Gasteiger partial charge is 0.306 e. The maximum absolute atomic E-state index is 10.9. The number of piperazine rings is 1. The minimum Gasteiger partial charge on any atom is -0.481 e. The molecule has 0 spiro atoms. The highest BCUT2D eigenvalue weighted by molar-refractivity contribution is 5.68. The Morgan fingerprint density at radius 3 is 2.54 bits per heavy atom. The summed E-state index contributed by atoms with van der Waals surface area (Å²) >= 11 is 0. The van der Waals surface area contributed by atoms with Crippen LogP contribution >= 0.6 is 0 Å². The molecule has 2 aliphatic rings. The Morgan fingerprint density at radius 2 is 1.92 bits per heavy atom. The summed E-state index contributed by atoms with van der Waals surface area (Å²) in [4.78, 5) is 20.2. The highest BCUT2D eigenvalue weighted by atomic mass is 16.4. The van der Waals surface area contributed by atoms with Gasteiger partial charge in [-0.2, -0.15) is 0 Å². The van der Waals surface area contributed by atoms with Gasteiger partial charge in [0.25, 0.3) is 0 Å². The third-order valence-corrected chi connectivity index (χ3v) is 5.80. The Balaban J connectivity index is 1.39. The van der Waals surface area contributed by atoms with Crippen molar-refractivity contribution < 1.29 is 15.0 Å². The SMILES string of the molecule is Nc1cccc(CCN2CCN(C3CCC(O)(CC(=O)O)CC3)CC2)n1. The fraction of sp³-hybridized carbons (Fsp3) is 0.684. The molecule has 0 bridgehead atoms. The summed E-state index contributed by atoms with van der Waals surface area (Å²) in [5.41, 5.74) is 5.77. The first kappa shape index (κ1) is 19.1. The van der Waals surface area contributed by atoms with E-state index < -0.39 is 11.6 Å². The van der Waals surface area contributed by atoms with Gasteiger partial charge in [-0.05, 0) is 37.8 Å². The number of aliphatic hydroxyl groups is 1. The highest BCUT2D eigenvalue weighted by Gasteiger charge is 2.37. The molecule has 2 fully saturated rings. The number of nitrogens with two attached hydrogens (primary N) is 1. The fourth-order valence-corrected chi connectivity index (χ4v) is 4.23. The van der Waals surface area contributed by atoms with Crippen LogP contribution in [0.25, 0.3) is 0 Å². The van der Waals surface area contributed by atoms with Gasteiger partial charge in [-0.1, -0.05) is 6.07 Å². The molecular formula is C19H30N4O3. The molecule has 1 aromatic heterocycles.